The lowest BCUT2D eigenvalue weighted by Gasteiger charge is -2.17. The molecule has 0 fully saturated rings. The van der Waals surface area contributed by atoms with Gasteiger partial charge in [0.25, 0.3) is 0 Å². The minimum absolute atomic E-state index is 0.252. The summed E-state index contributed by atoms with van der Waals surface area (Å²) in [6.45, 7) is 4.10. The SMILES string of the molecule is CCOP(=O)(OCC)c1c2nc(cc3ccc(cc4nc(cc5ccc1[nH]5)C=C4)[nH]3)C=C2. The van der Waals surface area contributed by atoms with Crippen molar-refractivity contribution >= 4 is 59.3 Å². The van der Waals surface area contributed by atoms with E-state index >= 15 is 0 Å². The Labute approximate surface area is 185 Å². The Morgan fingerprint density at radius 1 is 0.750 bits per heavy atom. The number of nitrogens with one attached hydrogen (secondary N) is 2. The predicted molar refractivity (Wildman–Crippen MR) is 129 cm³/mol. The number of nitrogens with zero attached hydrogens (tertiary/aromatic N) is 2. The Balaban J connectivity index is 1.87. The highest BCUT2D eigenvalue weighted by molar-refractivity contribution is 7.62. The van der Waals surface area contributed by atoms with E-state index in [0.717, 1.165) is 33.6 Å². The van der Waals surface area contributed by atoms with Gasteiger partial charge in [0.2, 0.25) is 0 Å². The number of fused-ring (bicyclic) bond motifs is 8. The molecule has 0 aliphatic carbocycles. The molecule has 0 saturated heterocycles. The maximum atomic E-state index is 13.8. The third-order valence-corrected chi connectivity index (χ3v) is 7.28. The van der Waals surface area contributed by atoms with Crippen molar-refractivity contribution in [2.75, 3.05) is 13.2 Å². The van der Waals surface area contributed by atoms with Crippen molar-refractivity contribution in [3.63, 3.8) is 0 Å². The number of rotatable bonds is 5. The molecular formula is C24H23N4O3P. The first kappa shape index (κ1) is 20.6. The van der Waals surface area contributed by atoms with Crippen molar-refractivity contribution in [2.45, 2.75) is 13.8 Å². The van der Waals surface area contributed by atoms with Crippen LogP contribution in [0, 0.1) is 0 Å². The molecule has 2 N–H and O–H groups in total. The zero-order chi connectivity index (χ0) is 22.1. The minimum Gasteiger partial charge on any atom is -0.355 e. The van der Waals surface area contributed by atoms with Gasteiger partial charge in [0, 0.05) is 16.6 Å². The van der Waals surface area contributed by atoms with Gasteiger partial charge < -0.3 is 19.0 Å². The third-order valence-electron chi connectivity index (χ3n) is 5.06. The lowest BCUT2D eigenvalue weighted by Crippen LogP contribution is -2.15. The van der Waals surface area contributed by atoms with E-state index in [2.05, 4.69) is 15.0 Å². The quantitative estimate of drug-likeness (QED) is 0.346. The summed E-state index contributed by atoms with van der Waals surface area (Å²) in [7, 11) is -3.62. The fourth-order valence-electron chi connectivity index (χ4n) is 3.79. The molecule has 3 aromatic heterocycles. The lowest BCUT2D eigenvalue weighted by atomic mass is 10.3. The average Bonchev–Trinajstić information content (AvgIpc) is 3.54. The van der Waals surface area contributed by atoms with Gasteiger partial charge in [-0.1, -0.05) is 0 Å². The summed E-state index contributed by atoms with van der Waals surface area (Å²) in [6, 6.07) is 13.6. The van der Waals surface area contributed by atoms with Crippen molar-refractivity contribution in [1.82, 2.24) is 19.9 Å². The molecule has 0 atom stereocenters. The van der Waals surface area contributed by atoms with Crippen LogP contribution in [0.25, 0.3) is 46.4 Å². The van der Waals surface area contributed by atoms with Crippen molar-refractivity contribution in [3.8, 4) is 0 Å². The molecule has 3 aromatic rings. The molecule has 0 aromatic carbocycles. The second-order valence-corrected chi connectivity index (χ2v) is 9.32. The molecular weight excluding hydrogens is 423 g/mol. The molecule has 0 radical (unpaired) electrons. The number of aromatic nitrogens is 4. The maximum Gasteiger partial charge on any atom is 0.365 e. The predicted octanol–water partition coefficient (Wildman–Crippen LogP) is 5.55. The number of hydrogen-bond donors (Lipinski definition) is 2. The molecule has 8 bridgehead atoms. The smallest absolute Gasteiger partial charge is 0.355 e. The Morgan fingerprint density at radius 2 is 1.28 bits per heavy atom. The summed E-state index contributed by atoms with van der Waals surface area (Å²) in [6.07, 6.45) is 7.66. The van der Waals surface area contributed by atoms with Crippen LogP contribution in [-0.2, 0) is 13.6 Å². The molecule has 0 saturated carbocycles. The first-order valence-corrected chi connectivity index (χ1v) is 12.1. The second-order valence-electron chi connectivity index (χ2n) is 7.36. The number of aromatic amines is 2. The van der Waals surface area contributed by atoms with Gasteiger partial charge in [-0.05, 0) is 80.6 Å². The topological polar surface area (TPSA) is 92.9 Å². The van der Waals surface area contributed by atoms with E-state index in [1.807, 2.05) is 66.8 Å². The number of H-pyrrole nitrogens is 2. The molecule has 0 unspecified atom stereocenters. The van der Waals surface area contributed by atoms with Gasteiger partial charge in [0.15, 0.2) is 0 Å². The third kappa shape index (κ3) is 3.98. The maximum absolute atomic E-state index is 13.8. The Kier molecular flexibility index (Phi) is 5.39. The minimum atomic E-state index is -3.62. The monoisotopic (exact) mass is 446 g/mol. The zero-order valence-electron chi connectivity index (χ0n) is 17.8. The van der Waals surface area contributed by atoms with Crippen LogP contribution >= 0.6 is 7.60 Å². The Bertz CT molecular complexity index is 1440. The molecule has 5 heterocycles. The lowest BCUT2D eigenvalue weighted by molar-refractivity contribution is 0.230. The molecule has 2 aliphatic rings. The standard InChI is InChI=1S/C24H23N4O3P/c1-3-30-32(29,31-4-2)24-22-11-9-20(27-22)14-18-7-5-16(25-18)13-17-6-8-19(26-17)15-21-10-12-23(24)28-21/h5-15,25,28H,3-4H2,1-2H3. The fourth-order valence-corrected chi connectivity index (χ4v) is 5.63. The van der Waals surface area contributed by atoms with Gasteiger partial charge in [-0.25, -0.2) is 9.97 Å². The Morgan fingerprint density at radius 3 is 1.91 bits per heavy atom. The van der Waals surface area contributed by atoms with Crippen LogP contribution in [0.1, 0.15) is 36.6 Å². The summed E-state index contributed by atoms with van der Waals surface area (Å²) in [5.41, 5.74) is 6.30. The van der Waals surface area contributed by atoms with E-state index in [1.54, 1.807) is 13.8 Å². The molecule has 32 heavy (non-hydrogen) atoms. The second kappa shape index (κ2) is 8.36. The molecule has 5 rings (SSSR count). The van der Waals surface area contributed by atoms with Crippen LogP contribution in [-0.4, -0.2) is 33.1 Å². The van der Waals surface area contributed by atoms with E-state index < -0.39 is 7.60 Å². The largest absolute Gasteiger partial charge is 0.365 e. The summed E-state index contributed by atoms with van der Waals surface area (Å²) in [5, 5.41) is 0.421. The van der Waals surface area contributed by atoms with E-state index in [0.29, 0.717) is 16.5 Å². The van der Waals surface area contributed by atoms with E-state index in [-0.39, 0.29) is 13.2 Å². The van der Waals surface area contributed by atoms with Gasteiger partial charge >= 0.3 is 7.60 Å². The van der Waals surface area contributed by atoms with Crippen LogP contribution in [0.5, 0.6) is 0 Å². The van der Waals surface area contributed by atoms with Crippen LogP contribution in [0.4, 0.5) is 0 Å². The molecule has 162 valence electrons. The van der Waals surface area contributed by atoms with Crippen molar-refractivity contribution in [2.24, 2.45) is 0 Å². The fraction of sp³-hybridized carbons (Fsp3) is 0.167. The molecule has 7 nitrogen and oxygen atoms in total. The van der Waals surface area contributed by atoms with Gasteiger partial charge in [0.05, 0.1) is 41.5 Å². The van der Waals surface area contributed by atoms with E-state index in [4.69, 9.17) is 14.0 Å². The van der Waals surface area contributed by atoms with Crippen molar-refractivity contribution < 1.29 is 13.6 Å². The van der Waals surface area contributed by atoms with Crippen LogP contribution in [0.15, 0.2) is 42.5 Å². The van der Waals surface area contributed by atoms with Crippen LogP contribution < -0.4 is 5.30 Å². The van der Waals surface area contributed by atoms with Gasteiger partial charge in [-0.2, -0.15) is 0 Å². The summed E-state index contributed by atoms with van der Waals surface area (Å²) >= 11 is 0. The molecule has 8 heteroatoms. The summed E-state index contributed by atoms with van der Waals surface area (Å²) in [4.78, 5) is 16.1. The van der Waals surface area contributed by atoms with E-state index in [9.17, 15) is 4.57 Å². The molecule has 2 aliphatic heterocycles. The van der Waals surface area contributed by atoms with Crippen molar-refractivity contribution in [3.05, 3.63) is 65.2 Å². The summed E-state index contributed by atoms with van der Waals surface area (Å²) in [5.74, 6) is 0. The zero-order valence-corrected chi connectivity index (χ0v) is 18.7. The highest BCUT2D eigenvalue weighted by Gasteiger charge is 2.32. The van der Waals surface area contributed by atoms with Gasteiger partial charge in [-0.3, -0.25) is 4.57 Å². The van der Waals surface area contributed by atoms with Gasteiger partial charge in [-0.15, -0.1) is 0 Å². The normalized spacial score (nSPS) is 13.1. The van der Waals surface area contributed by atoms with Crippen molar-refractivity contribution in [1.29, 1.82) is 0 Å². The average molecular weight is 446 g/mol. The highest BCUT2D eigenvalue weighted by atomic mass is 31.2. The van der Waals surface area contributed by atoms with E-state index in [1.165, 1.54) is 0 Å². The molecule has 0 spiro atoms. The van der Waals surface area contributed by atoms with Gasteiger partial charge in [0.1, 0.15) is 5.30 Å². The van der Waals surface area contributed by atoms with Crippen LogP contribution in [0.3, 0.4) is 0 Å². The highest BCUT2D eigenvalue weighted by Crippen LogP contribution is 2.48. The Hall–Kier alpha value is -3.25. The summed E-state index contributed by atoms with van der Waals surface area (Å²) < 4.78 is 25.2. The first-order valence-electron chi connectivity index (χ1n) is 10.5. The van der Waals surface area contributed by atoms with Crippen LogP contribution in [0.2, 0.25) is 0 Å². The molecule has 0 amide bonds. The first-order chi connectivity index (χ1) is 15.6. The number of hydrogen-bond acceptors (Lipinski definition) is 5.